The molecule has 8 heteroatoms. The second kappa shape index (κ2) is 10.8. The van der Waals surface area contributed by atoms with E-state index in [1.54, 1.807) is 11.6 Å². The smallest absolute Gasteiger partial charge is 0.245 e. The zero-order chi connectivity index (χ0) is 17.4. The molecule has 1 heterocycles. The predicted octanol–water partition coefficient (Wildman–Crippen LogP) is 1.82. The third-order valence-corrected chi connectivity index (χ3v) is 4.06. The standard InChI is InChI=1S/C17H26N6O.ClH/c1-3-4-10-15(12-18)19-17(24)16(23-13(2)20-21-22-23)11-14-8-6-5-7-9-14;/h5-9,15-16H,3-4,10-12,18H2,1-2H3,(H,19,24);1H. The third-order valence-electron chi connectivity index (χ3n) is 4.06. The van der Waals surface area contributed by atoms with Gasteiger partial charge in [0.05, 0.1) is 0 Å². The van der Waals surface area contributed by atoms with Crippen molar-refractivity contribution in [3.8, 4) is 0 Å². The van der Waals surface area contributed by atoms with Gasteiger partial charge in [0.25, 0.3) is 0 Å². The first-order chi connectivity index (χ1) is 11.7. The van der Waals surface area contributed by atoms with E-state index in [9.17, 15) is 4.79 Å². The van der Waals surface area contributed by atoms with Gasteiger partial charge in [-0.2, -0.15) is 0 Å². The van der Waals surface area contributed by atoms with Gasteiger partial charge in [-0.25, -0.2) is 4.68 Å². The Hall–Kier alpha value is -1.99. The Balaban J connectivity index is 0.00000312. The predicted molar refractivity (Wildman–Crippen MR) is 99.5 cm³/mol. The SMILES string of the molecule is CCCCC(CN)NC(=O)C(Cc1ccccc1)n1nnnc1C.Cl. The highest BCUT2D eigenvalue weighted by molar-refractivity contribution is 5.85. The van der Waals surface area contributed by atoms with E-state index < -0.39 is 6.04 Å². The van der Waals surface area contributed by atoms with Crippen molar-refractivity contribution in [2.45, 2.75) is 51.6 Å². The van der Waals surface area contributed by atoms with Crippen LogP contribution in [0.5, 0.6) is 0 Å². The van der Waals surface area contributed by atoms with Crippen molar-refractivity contribution in [2.24, 2.45) is 5.73 Å². The van der Waals surface area contributed by atoms with Crippen LogP contribution in [0.1, 0.15) is 43.6 Å². The lowest BCUT2D eigenvalue weighted by Crippen LogP contribution is -2.44. The molecule has 2 unspecified atom stereocenters. The summed E-state index contributed by atoms with van der Waals surface area (Å²) in [5, 5.41) is 14.6. The van der Waals surface area contributed by atoms with Crippen LogP contribution >= 0.6 is 12.4 Å². The third kappa shape index (κ3) is 6.10. The van der Waals surface area contributed by atoms with Gasteiger partial charge in [0.15, 0.2) is 0 Å². The minimum absolute atomic E-state index is 0. The first kappa shape index (κ1) is 21.1. The zero-order valence-corrected chi connectivity index (χ0v) is 15.6. The summed E-state index contributed by atoms with van der Waals surface area (Å²) in [5.74, 6) is 0.518. The number of halogens is 1. The van der Waals surface area contributed by atoms with Gasteiger partial charge in [0, 0.05) is 19.0 Å². The molecule has 2 aromatic rings. The number of carbonyl (C=O) groups excluding carboxylic acids is 1. The molecule has 2 atom stereocenters. The number of nitrogens with zero attached hydrogens (tertiary/aromatic N) is 4. The molecule has 1 aromatic heterocycles. The average Bonchev–Trinajstić information content (AvgIpc) is 3.02. The summed E-state index contributed by atoms with van der Waals surface area (Å²) in [6.07, 6.45) is 3.52. The van der Waals surface area contributed by atoms with Crippen molar-refractivity contribution in [1.29, 1.82) is 0 Å². The Morgan fingerprint density at radius 3 is 2.60 bits per heavy atom. The number of aryl methyl sites for hydroxylation is 1. The topological polar surface area (TPSA) is 98.7 Å². The number of hydrogen-bond acceptors (Lipinski definition) is 5. The number of rotatable bonds is 9. The summed E-state index contributed by atoms with van der Waals surface area (Å²) in [4.78, 5) is 12.8. The molecule has 2 rings (SSSR count). The van der Waals surface area contributed by atoms with Gasteiger partial charge < -0.3 is 11.1 Å². The van der Waals surface area contributed by atoms with Crippen molar-refractivity contribution < 1.29 is 4.79 Å². The van der Waals surface area contributed by atoms with E-state index in [4.69, 9.17) is 5.73 Å². The molecule has 0 fully saturated rings. The van der Waals surface area contributed by atoms with Crippen LogP contribution in [0.15, 0.2) is 30.3 Å². The maximum Gasteiger partial charge on any atom is 0.245 e. The van der Waals surface area contributed by atoms with Crippen LogP contribution in [0.25, 0.3) is 0 Å². The van der Waals surface area contributed by atoms with Crippen LogP contribution in [0.3, 0.4) is 0 Å². The molecule has 0 saturated heterocycles. The number of hydrogen-bond donors (Lipinski definition) is 2. The number of tetrazole rings is 1. The Labute approximate surface area is 154 Å². The van der Waals surface area contributed by atoms with E-state index in [2.05, 4.69) is 27.8 Å². The second-order valence-corrected chi connectivity index (χ2v) is 5.96. The van der Waals surface area contributed by atoms with E-state index in [0.717, 1.165) is 24.8 Å². The molecule has 138 valence electrons. The number of nitrogens with one attached hydrogen (secondary N) is 1. The number of amides is 1. The lowest BCUT2D eigenvalue weighted by atomic mass is 10.0. The van der Waals surface area contributed by atoms with Gasteiger partial charge in [-0.3, -0.25) is 4.79 Å². The van der Waals surface area contributed by atoms with E-state index >= 15 is 0 Å². The van der Waals surface area contributed by atoms with E-state index in [-0.39, 0.29) is 24.4 Å². The Morgan fingerprint density at radius 2 is 2.04 bits per heavy atom. The van der Waals surface area contributed by atoms with Crippen LogP contribution in [-0.2, 0) is 11.2 Å². The lowest BCUT2D eigenvalue weighted by Gasteiger charge is -2.22. The number of unbranched alkanes of at least 4 members (excludes halogenated alkanes) is 1. The molecular formula is C17H27ClN6O. The molecular weight excluding hydrogens is 340 g/mol. The monoisotopic (exact) mass is 366 g/mol. The van der Waals surface area contributed by atoms with Gasteiger partial charge in [-0.15, -0.1) is 17.5 Å². The minimum atomic E-state index is -0.488. The fourth-order valence-electron chi connectivity index (χ4n) is 2.65. The molecule has 25 heavy (non-hydrogen) atoms. The Bertz CT molecular complexity index is 633. The van der Waals surface area contributed by atoms with Crippen molar-refractivity contribution in [1.82, 2.24) is 25.5 Å². The van der Waals surface area contributed by atoms with Gasteiger partial charge >= 0.3 is 0 Å². The van der Waals surface area contributed by atoms with Crippen LogP contribution in [0.2, 0.25) is 0 Å². The first-order valence-electron chi connectivity index (χ1n) is 8.44. The highest BCUT2D eigenvalue weighted by Crippen LogP contribution is 2.15. The summed E-state index contributed by atoms with van der Waals surface area (Å²) < 4.78 is 1.58. The summed E-state index contributed by atoms with van der Waals surface area (Å²) >= 11 is 0. The molecule has 3 N–H and O–H groups in total. The fraction of sp³-hybridized carbons (Fsp3) is 0.529. The van der Waals surface area contributed by atoms with Crippen molar-refractivity contribution in [3.05, 3.63) is 41.7 Å². The molecule has 0 spiro atoms. The van der Waals surface area contributed by atoms with Crippen LogP contribution < -0.4 is 11.1 Å². The fourth-order valence-corrected chi connectivity index (χ4v) is 2.65. The number of carbonyl (C=O) groups is 1. The van der Waals surface area contributed by atoms with Crippen LogP contribution in [0.4, 0.5) is 0 Å². The highest BCUT2D eigenvalue weighted by atomic mass is 35.5. The highest BCUT2D eigenvalue weighted by Gasteiger charge is 2.25. The summed E-state index contributed by atoms with van der Waals surface area (Å²) in [6.45, 7) is 4.35. The van der Waals surface area contributed by atoms with Gasteiger partial charge in [-0.1, -0.05) is 50.1 Å². The molecule has 0 aliphatic carbocycles. The van der Waals surface area contributed by atoms with Crippen molar-refractivity contribution in [3.63, 3.8) is 0 Å². The van der Waals surface area contributed by atoms with Crippen LogP contribution in [-0.4, -0.2) is 38.7 Å². The summed E-state index contributed by atoms with van der Waals surface area (Å²) in [7, 11) is 0. The maximum absolute atomic E-state index is 12.8. The first-order valence-corrected chi connectivity index (χ1v) is 8.44. The largest absolute Gasteiger partial charge is 0.350 e. The van der Waals surface area contributed by atoms with E-state index in [0.29, 0.717) is 18.8 Å². The van der Waals surface area contributed by atoms with Crippen molar-refractivity contribution in [2.75, 3.05) is 6.54 Å². The molecule has 0 aliphatic rings. The van der Waals surface area contributed by atoms with Crippen LogP contribution in [0, 0.1) is 6.92 Å². The average molecular weight is 367 g/mol. The van der Waals surface area contributed by atoms with Crippen molar-refractivity contribution >= 4 is 18.3 Å². The van der Waals surface area contributed by atoms with Gasteiger partial charge in [-0.05, 0) is 29.3 Å². The molecule has 7 nitrogen and oxygen atoms in total. The van der Waals surface area contributed by atoms with Gasteiger partial charge in [0.1, 0.15) is 11.9 Å². The molecule has 1 aromatic carbocycles. The molecule has 0 radical (unpaired) electrons. The summed E-state index contributed by atoms with van der Waals surface area (Å²) in [6, 6.07) is 9.36. The molecule has 0 aliphatic heterocycles. The Kier molecular flexibility index (Phi) is 9.08. The molecule has 0 saturated carbocycles. The number of nitrogens with two attached hydrogens (primary N) is 1. The normalized spacial score (nSPS) is 12.9. The van der Waals surface area contributed by atoms with Gasteiger partial charge in [0.2, 0.25) is 5.91 Å². The van der Waals surface area contributed by atoms with E-state index in [1.165, 1.54) is 0 Å². The molecule has 0 bridgehead atoms. The van der Waals surface area contributed by atoms with E-state index in [1.807, 2.05) is 30.3 Å². The summed E-state index contributed by atoms with van der Waals surface area (Å²) in [5.41, 5.74) is 6.86. The minimum Gasteiger partial charge on any atom is -0.350 e. The number of benzene rings is 1. The Morgan fingerprint density at radius 1 is 1.32 bits per heavy atom. The lowest BCUT2D eigenvalue weighted by molar-refractivity contribution is -0.125. The molecule has 1 amide bonds. The zero-order valence-electron chi connectivity index (χ0n) is 14.8. The number of aromatic nitrogens is 4. The quantitative estimate of drug-likeness (QED) is 0.705. The second-order valence-electron chi connectivity index (χ2n) is 5.96. The maximum atomic E-state index is 12.8.